The number of sulfonamides is 1. The number of fused-ring (bicyclic) bond motifs is 1. The summed E-state index contributed by atoms with van der Waals surface area (Å²) in [6.45, 7) is 4.40. The van der Waals surface area contributed by atoms with Crippen molar-refractivity contribution in [3.8, 4) is 6.07 Å². The highest BCUT2D eigenvalue weighted by Crippen LogP contribution is 2.43. The first kappa shape index (κ1) is 22.0. The fourth-order valence-electron chi connectivity index (χ4n) is 4.03. The molecule has 1 unspecified atom stereocenters. The van der Waals surface area contributed by atoms with Crippen molar-refractivity contribution in [3.05, 3.63) is 46.9 Å². The third-order valence-corrected chi connectivity index (χ3v) is 7.94. The molecule has 32 heavy (non-hydrogen) atoms. The summed E-state index contributed by atoms with van der Waals surface area (Å²) in [5.41, 5.74) is 1.01. The molecule has 3 aromatic rings. The summed E-state index contributed by atoms with van der Waals surface area (Å²) in [6, 6.07) is 10.4. The summed E-state index contributed by atoms with van der Waals surface area (Å²) < 4.78 is 28.6. The zero-order valence-electron chi connectivity index (χ0n) is 18.1. The van der Waals surface area contributed by atoms with E-state index in [9.17, 15) is 18.5 Å². The molecule has 0 amide bonds. The minimum atomic E-state index is -3.55. The smallest absolute Gasteiger partial charge is 0.261 e. The van der Waals surface area contributed by atoms with E-state index in [-0.39, 0.29) is 16.5 Å². The topological polar surface area (TPSA) is 124 Å². The van der Waals surface area contributed by atoms with Gasteiger partial charge in [-0.05, 0) is 49.1 Å². The molecule has 1 atom stereocenters. The van der Waals surface area contributed by atoms with Gasteiger partial charge in [-0.2, -0.15) is 14.7 Å². The fraction of sp³-hybridized carbons (Fsp3) is 0.409. The SMILES string of the molecule is CCN(CC)S(=O)(=O)c1ccc(Nc2nn(C(CC#N)C3CC3)c3cc[nH]c(=O)c23)cc1. The van der Waals surface area contributed by atoms with Gasteiger partial charge in [0.1, 0.15) is 5.39 Å². The van der Waals surface area contributed by atoms with Gasteiger partial charge in [0.05, 0.1) is 28.9 Å². The molecule has 168 valence electrons. The Hall–Kier alpha value is -3.16. The van der Waals surface area contributed by atoms with Gasteiger partial charge in [0.2, 0.25) is 10.0 Å². The molecule has 0 saturated heterocycles. The minimum Gasteiger partial charge on any atom is -0.338 e. The van der Waals surface area contributed by atoms with Gasteiger partial charge in [-0.25, -0.2) is 8.42 Å². The number of hydrogen-bond acceptors (Lipinski definition) is 6. The summed E-state index contributed by atoms with van der Waals surface area (Å²) in [5, 5.41) is 17.5. The van der Waals surface area contributed by atoms with Gasteiger partial charge in [0, 0.05) is 25.0 Å². The van der Waals surface area contributed by atoms with E-state index in [4.69, 9.17) is 0 Å². The molecule has 2 aromatic heterocycles. The number of nitrogens with zero attached hydrogens (tertiary/aromatic N) is 4. The number of nitriles is 1. The Bertz CT molecular complexity index is 1310. The highest BCUT2D eigenvalue weighted by atomic mass is 32.2. The van der Waals surface area contributed by atoms with E-state index < -0.39 is 10.0 Å². The lowest BCUT2D eigenvalue weighted by molar-refractivity contribution is 0.426. The molecule has 0 spiro atoms. The third kappa shape index (κ3) is 4.01. The highest BCUT2D eigenvalue weighted by Gasteiger charge is 2.34. The first-order valence-electron chi connectivity index (χ1n) is 10.7. The Balaban J connectivity index is 1.69. The molecule has 9 nitrogen and oxygen atoms in total. The van der Waals surface area contributed by atoms with Crippen LogP contribution in [0.2, 0.25) is 0 Å². The van der Waals surface area contributed by atoms with Gasteiger partial charge in [-0.3, -0.25) is 9.48 Å². The van der Waals surface area contributed by atoms with Crippen LogP contribution in [0, 0.1) is 17.2 Å². The quantitative estimate of drug-likeness (QED) is 0.511. The van der Waals surface area contributed by atoms with Gasteiger partial charge in [-0.15, -0.1) is 0 Å². The Morgan fingerprint density at radius 2 is 1.94 bits per heavy atom. The number of aromatic nitrogens is 3. The summed E-state index contributed by atoms with van der Waals surface area (Å²) in [6.07, 6.45) is 3.99. The van der Waals surface area contributed by atoms with Crippen LogP contribution in [-0.4, -0.2) is 40.6 Å². The molecule has 0 bridgehead atoms. The maximum atomic E-state index is 12.7. The van der Waals surface area contributed by atoms with Crippen molar-refractivity contribution in [3.63, 3.8) is 0 Å². The molecule has 4 rings (SSSR count). The molecule has 1 fully saturated rings. The van der Waals surface area contributed by atoms with E-state index in [0.29, 0.717) is 47.8 Å². The predicted molar refractivity (Wildman–Crippen MR) is 122 cm³/mol. The molecule has 2 heterocycles. The van der Waals surface area contributed by atoms with Gasteiger partial charge in [0.25, 0.3) is 5.56 Å². The number of H-pyrrole nitrogens is 1. The second kappa shape index (κ2) is 8.76. The first-order valence-corrected chi connectivity index (χ1v) is 12.2. The third-order valence-electron chi connectivity index (χ3n) is 5.87. The van der Waals surface area contributed by atoms with Crippen LogP contribution in [-0.2, 0) is 10.0 Å². The van der Waals surface area contributed by atoms with Gasteiger partial charge < -0.3 is 10.3 Å². The number of nitrogens with one attached hydrogen (secondary N) is 2. The van der Waals surface area contributed by atoms with E-state index in [1.54, 1.807) is 55.1 Å². The minimum absolute atomic E-state index is 0.0820. The standard InChI is InChI=1S/C22H26N6O3S/c1-3-27(4-2)32(30,31)17-9-7-16(8-10-17)25-21-20-19(12-14-24-22(20)29)28(26-21)18(11-13-23)15-5-6-15/h7-10,12,14-15,18H,3-6,11H2,1-2H3,(H,24,29)(H,25,26). The summed E-state index contributed by atoms with van der Waals surface area (Å²) >= 11 is 0. The van der Waals surface area contributed by atoms with E-state index in [0.717, 1.165) is 12.8 Å². The average Bonchev–Trinajstić information content (AvgIpc) is 3.55. The highest BCUT2D eigenvalue weighted by molar-refractivity contribution is 7.89. The number of anilines is 2. The lowest BCUT2D eigenvalue weighted by atomic mass is 10.1. The lowest BCUT2D eigenvalue weighted by Gasteiger charge is -2.18. The Kier molecular flexibility index (Phi) is 6.04. The first-order chi connectivity index (χ1) is 15.4. The normalized spacial score (nSPS) is 15.1. The molecular weight excluding hydrogens is 428 g/mol. The Labute approximate surface area is 186 Å². The fourth-order valence-corrected chi connectivity index (χ4v) is 5.48. The second-order valence-corrected chi connectivity index (χ2v) is 9.80. The Morgan fingerprint density at radius 1 is 1.25 bits per heavy atom. The number of benzene rings is 1. The van der Waals surface area contributed by atoms with Gasteiger partial charge in [0.15, 0.2) is 5.82 Å². The van der Waals surface area contributed by atoms with E-state index in [1.807, 2.05) is 0 Å². The summed E-state index contributed by atoms with van der Waals surface area (Å²) in [7, 11) is -3.55. The van der Waals surface area contributed by atoms with E-state index in [2.05, 4.69) is 21.5 Å². The second-order valence-electron chi connectivity index (χ2n) is 7.87. The van der Waals surface area contributed by atoms with Crippen molar-refractivity contribution >= 4 is 32.4 Å². The van der Waals surface area contributed by atoms with Crippen molar-refractivity contribution < 1.29 is 8.42 Å². The van der Waals surface area contributed by atoms with Crippen LogP contribution in [0.1, 0.15) is 39.2 Å². The number of rotatable bonds is 9. The van der Waals surface area contributed by atoms with E-state index >= 15 is 0 Å². The number of aromatic amines is 1. The van der Waals surface area contributed by atoms with Crippen LogP contribution in [0.15, 0.2) is 46.2 Å². The lowest BCUT2D eigenvalue weighted by Crippen LogP contribution is -2.30. The predicted octanol–water partition coefficient (Wildman–Crippen LogP) is 3.36. The van der Waals surface area contributed by atoms with Crippen molar-refractivity contribution in [2.75, 3.05) is 18.4 Å². The molecular formula is C22H26N6O3S. The van der Waals surface area contributed by atoms with Crippen LogP contribution in [0.25, 0.3) is 10.9 Å². The van der Waals surface area contributed by atoms with Crippen LogP contribution < -0.4 is 10.9 Å². The van der Waals surface area contributed by atoms with Crippen molar-refractivity contribution in [1.29, 1.82) is 5.26 Å². The molecule has 1 aliphatic rings. The van der Waals surface area contributed by atoms with Gasteiger partial charge >= 0.3 is 0 Å². The molecule has 0 radical (unpaired) electrons. The van der Waals surface area contributed by atoms with Crippen molar-refractivity contribution in [2.24, 2.45) is 5.92 Å². The molecule has 10 heteroatoms. The van der Waals surface area contributed by atoms with E-state index in [1.165, 1.54) is 4.31 Å². The average molecular weight is 455 g/mol. The van der Waals surface area contributed by atoms with Crippen LogP contribution in [0.5, 0.6) is 0 Å². The largest absolute Gasteiger partial charge is 0.338 e. The van der Waals surface area contributed by atoms with Gasteiger partial charge in [-0.1, -0.05) is 13.8 Å². The molecule has 2 N–H and O–H groups in total. The maximum absolute atomic E-state index is 12.7. The molecule has 0 aliphatic heterocycles. The van der Waals surface area contributed by atoms with Crippen molar-refractivity contribution in [2.45, 2.75) is 44.0 Å². The van der Waals surface area contributed by atoms with Crippen LogP contribution in [0.4, 0.5) is 11.5 Å². The monoisotopic (exact) mass is 454 g/mol. The number of pyridine rings is 1. The van der Waals surface area contributed by atoms with Crippen molar-refractivity contribution in [1.82, 2.24) is 19.1 Å². The Morgan fingerprint density at radius 3 is 2.53 bits per heavy atom. The number of hydrogen-bond donors (Lipinski definition) is 2. The van der Waals surface area contributed by atoms with Crippen LogP contribution >= 0.6 is 0 Å². The molecule has 1 saturated carbocycles. The zero-order valence-corrected chi connectivity index (χ0v) is 18.9. The summed E-state index contributed by atoms with van der Waals surface area (Å²) in [4.78, 5) is 15.5. The molecule has 1 aromatic carbocycles. The maximum Gasteiger partial charge on any atom is 0.261 e. The zero-order chi connectivity index (χ0) is 22.9. The molecule has 1 aliphatic carbocycles. The summed E-state index contributed by atoms with van der Waals surface area (Å²) in [5.74, 6) is 0.763. The van der Waals surface area contributed by atoms with Crippen LogP contribution in [0.3, 0.4) is 0 Å².